The zero-order valence-electron chi connectivity index (χ0n) is 22.1. The number of amides is 2. The zero-order valence-corrected chi connectivity index (χ0v) is 22.9. The van der Waals surface area contributed by atoms with Crippen LogP contribution in [-0.2, 0) is 11.2 Å². The summed E-state index contributed by atoms with van der Waals surface area (Å²) in [5, 5.41) is 7.89. The van der Waals surface area contributed by atoms with E-state index in [9.17, 15) is 23.2 Å². The number of carbonyl (C=O) groups is 2. The summed E-state index contributed by atoms with van der Waals surface area (Å²) < 4.78 is 27.3. The molecule has 3 aromatic carbocycles. The van der Waals surface area contributed by atoms with Gasteiger partial charge >= 0.3 is 0 Å². The lowest BCUT2D eigenvalue weighted by atomic mass is 10.0. The van der Waals surface area contributed by atoms with Crippen LogP contribution in [0.3, 0.4) is 0 Å². The van der Waals surface area contributed by atoms with Crippen LogP contribution in [0.4, 0.5) is 8.78 Å². The van der Waals surface area contributed by atoms with Crippen molar-refractivity contribution in [1.82, 2.24) is 20.0 Å². The quantitative estimate of drug-likeness (QED) is 0.346. The lowest BCUT2D eigenvalue weighted by molar-refractivity contribution is -0.134. The number of nitrogens with zero attached hydrogens (tertiary/aromatic N) is 3. The molecule has 1 N–H and O–H groups in total. The number of hydrogen-bond donors (Lipinski definition) is 1. The third-order valence-corrected chi connectivity index (χ3v) is 8.16. The molecule has 1 aromatic heterocycles. The number of hydrogen-bond acceptors (Lipinski definition) is 5. The van der Waals surface area contributed by atoms with Gasteiger partial charge in [-0.1, -0.05) is 24.3 Å². The fourth-order valence-corrected chi connectivity index (χ4v) is 5.93. The minimum atomic E-state index is -0.787. The summed E-state index contributed by atoms with van der Waals surface area (Å²) in [6, 6.07) is 17.5. The van der Waals surface area contributed by atoms with Crippen molar-refractivity contribution >= 4 is 34.3 Å². The van der Waals surface area contributed by atoms with Gasteiger partial charge in [0.05, 0.1) is 21.4 Å². The first-order valence-electron chi connectivity index (χ1n) is 12.9. The van der Waals surface area contributed by atoms with E-state index < -0.39 is 16.5 Å². The van der Waals surface area contributed by atoms with E-state index in [1.165, 1.54) is 36.0 Å². The first kappa shape index (κ1) is 27.5. The van der Waals surface area contributed by atoms with Crippen LogP contribution in [-0.4, -0.2) is 62.7 Å². The summed E-state index contributed by atoms with van der Waals surface area (Å²) in [6.07, 6.45) is 0.306. The van der Waals surface area contributed by atoms with Gasteiger partial charge in [0.15, 0.2) is 0 Å². The van der Waals surface area contributed by atoms with Crippen molar-refractivity contribution < 1.29 is 18.4 Å². The SMILES string of the molecule is CC(C)(Sc1ccc(F)cc1)C(=O)N1CCN(C(=O)c2cc(Cc3n[nH]c(=O)c4ccccc34)ccc2F)CC1. The predicted octanol–water partition coefficient (Wildman–Crippen LogP) is 4.65. The van der Waals surface area contributed by atoms with Crippen LogP contribution in [0.15, 0.2) is 76.4 Å². The van der Waals surface area contributed by atoms with E-state index >= 15 is 0 Å². The Labute approximate surface area is 234 Å². The second-order valence-corrected chi connectivity index (χ2v) is 11.9. The van der Waals surface area contributed by atoms with E-state index in [-0.39, 0.29) is 35.9 Å². The van der Waals surface area contributed by atoms with Crippen molar-refractivity contribution in [2.24, 2.45) is 0 Å². The monoisotopic (exact) mass is 562 g/mol. The van der Waals surface area contributed by atoms with Gasteiger partial charge in [0.2, 0.25) is 5.91 Å². The topological polar surface area (TPSA) is 86.4 Å². The fraction of sp³-hybridized carbons (Fsp3) is 0.267. The van der Waals surface area contributed by atoms with Crippen LogP contribution < -0.4 is 5.56 Å². The number of benzene rings is 3. The van der Waals surface area contributed by atoms with Crippen molar-refractivity contribution in [2.75, 3.05) is 26.2 Å². The molecule has 206 valence electrons. The second kappa shape index (κ2) is 11.2. The maximum absolute atomic E-state index is 14.8. The number of carbonyl (C=O) groups excluding carboxylic acids is 2. The number of fused-ring (bicyclic) bond motifs is 1. The molecule has 40 heavy (non-hydrogen) atoms. The number of nitrogens with one attached hydrogen (secondary N) is 1. The largest absolute Gasteiger partial charge is 0.338 e. The molecule has 0 bridgehead atoms. The highest BCUT2D eigenvalue weighted by molar-refractivity contribution is 8.01. The molecule has 2 amide bonds. The normalized spacial score (nSPS) is 14.0. The molecule has 7 nitrogen and oxygen atoms in total. The maximum Gasteiger partial charge on any atom is 0.272 e. The van der Waals surface area contributed by atoms with Crippen molar-refractivity contribution in [2.45, 2.75) is 29.9 Å². The summed E-state index contributed by atoms with van der Waals surface area (Å²) >= 11 is 1.35. The molecule has 4 aromatic rings. The number of aromatic amines is 1. The minimum absolute atomic E-state index is 0.0433. The van der Waals surface area contributed by atoms with E-state index in [2.05, 4.69) is 10.2 Å². The Morgan fingerprint density at radius 2 is 1.57 bits per heavy atom. The van der Waals surface area contributed by atoms with Crippen LogP contribution in [0, 0.1) is 11.6 Å². The van der Waals surface area contributed by atoms with E-state index in [1.54, 1.807) is 40.1 Å². The number of aromatic nitrogens is 2. The van der Waals surface area contributed by atoms with Gasteiger partial charge in [0.1, 0.15) is 11.6 Å². The Balaban J connectivity index is 1.26. The molecule has 0 atom stereocenters. The molecular formula is C30H28F2N4O3S. The number of rotatable bonds is 6. The molecule has 1 fully saturated rings. The molecule has 1 saturated heterocycles. The van der Waals surface area contributed by atoms with Gasteiger partial charge in [0, 0.05) is 42.9 Å². The Kier molecular flexibility index (Phi) is 7.71. The molecular weight excluding hydrogens is 534 g/mol. The first-order valence-corrected chi connectivity index (χ1v) is 13.7. The molecule has 1 aliphatic heterocycles. The van der Waals surface area contributed by atoms with Crippen molar-refractivity contribution in [3.8, 4) is 0 Å². The smallest absolute Gasteiger partial charge is 0.272 e. The van der Waals surface area contributed by atoms with Crippen molar-refractivity contribution in [1.29, 1.82) is 0 Å². The summed E-state index contributed by atoms with van der Waals surface area (Å²) in [6.45, 7) is 4.85. The predicted molar refractivity (Wildman–Crippen MR) is 150 cm³/mol. The lowest BCUT2D eigenvalue weighted by Crippen LogP contribution is -2.54. The molecule has 1 aliphatic rings. The zero-order chi connectivity index (χ0) is 28.4. The van der Waals surface area contributed by atoms with E-state index in [4.69, 9.17) is 0 Å². The lowest BCUT2D eigenvalue weighted by Gasteiger charge is -2.38. The van der Waals surface area contributed by atoms with Crippen molar-refractivity contribution in [3.05, 3.63) is 106 Å². The highest BCUT2D eigenvalue weighted by atomic mass is 32.2. The van der Waals surface area contributed by atoms with Gasteiger partial charge < -0.3 is 9.80 Å². The molecule has 0 unspecified atom stereocenters. The standard InChI is InChI=1S/C30H28F2N4O3S/c1-30(2,40-21-10-8-20(31)9-11-21)29(39)36-15-13-35(14-16-36)28(38)24-17-19(7-12-25(24)32)18-26-22-5-3-4-6-23(22)27(37)34-33-26/h3-12,17H,13-16,18H2,1-2H3,(H,34,37). The van der Waals surface area contributed by atoms with Crippen LogP contribution in [0.2, 0.25) is 0 Å². The van der Waals surface area contributed by atoms with Gasteiger partial charge in [-0.05, 0) is 61.9 Å². The minimum Gasteiger partial charge on any atom is -0.338 e. The van der Waals surface area contributed by atoms with E-state index in [1.807, 2.05) is 26.0 Å². The maximum atomic E-state index is 14.8. The number of piperazine rings is 1. The van der Waals surface area contributed by atoms with Gasteiger partial charge in [-0.2, -0.15) is 5.10 Å². The number of thioether (sulfide) groups is 1. The number of halogens is 2. The second-order valence-electron chi connectivity index (χ2n) is 10.2. The number of H-pyrrole nitrogens is 1. The van der Waals surface area contributed by atoms with Crippen LogP contribution >= 0.6 is 11.8 Å². The molecule has 0 radical (unpaired) electrons. The van der Waals surface area contributed by atoms with Crippen LogP contribution in [0.25, 0.3) is 10.8 Å². The highest BCUT2D eigenvalue weighted by Crippen LogP contribution is 2.34. The first-order chi connectivity index (χ1) is 19.1. The van der Waals surface area contributed by atoms with Gasteiger partial charge in [-0.25, -0.2) is 13.9 Å². The Morgan fingerprint density at radius 3 is 2.27 bits per heavy atom. The molecule has 0 spiro atoms. The Morgan fingerprint density at radius 1 is 0.925 bits per heavy atom. The Bertz CT molecular complexity index is 1630. The average Bonchev–Trinajstić information content (AvgIpc) is 2.96. The van der Waals surface area contributed by atoms with Crippen LogP contribution in [0.1, 0.15) is 35.5 Å². The van der Waals surface area contributed by atoms with Crippen LogP contribution in [0.5, 0.6) is 0 Å². The third-order valence-electron chi connectivity index (χ3n) is 6.96. The Hall–Kier alpha value is -4.05. The molecule has 0 saturated carbocycles. The van der Waals surface area contributed by atoms with Gasteiger partial charge in [-0.15, -0.1) is 11.8 Å². The van der Waals surface area contributed by atoms with E-state index in [0.29, 0.717) is 41.5 Å². The third kappa shape index (κ3) is 5.77. The van der Waals surface area contributed by atoms with Crippen molar-refractivity contribution in [3.63, 3.8) is 0 Å². The summed E-state index contributed by atoms with van der Waals surface area (Å²) in [5.41, 5.74) is 0.971. The summed E-state index contributed by atoms with van der Waals surface area (Å²) in [7, 11) is 0. The molecule has 2 heterocycles. The van der Waals surface area contributed by atoms with Gasteiger partial charge in [-0.3, -0.25) is 14.4 Å². The molecule has 10 heteroatoms. The average molecular weight is 563 g/mol. The fourth-order valence-electron chi connectivity index (χ4n) is 4.85. The summed E-state index contributed by atoms with van der Waals surface area (Å²) in [4.78, 5) is 42.7. The molecule has 0 aliphatic carbocycles. The highest BCUT2D eigenvalue weighted by Gasteiger charge is 2.35. The molecule has 5 rings (SSSR count). The van der Waals surface area contributed by atoms with Gasteiger partial charge in [0.25, 0.3) is 11.5 Å². The van der Waals surface area contributed by atoms with E-state index in [0.717, 1.165) is 4.90 Å². The summed E-state index contributed by atoms with van der Waals surface area (Å²) in [5.74, 6) is -1.48.